The van der Waals surface area contributed by atoms with Gasteiger partial charge in [-0.05, 0) is 23.8 Å². The van der Waals surface area contributed by atoms with Crippen LogP contribution in [0.15, 0.2) is 24.8 Å². The zero-order valence-corrected chi connectivity index (χ0v) is 7.49. The molecule has 1 aromatic rings. The molecule has 0 saturated heterocycles. The Hall–Kier alpha value is -2.10. The maximum Gasteiger partial charge on any atom is 0.248 e. The Morgan fingerprint density at radius 3 is 1.79 bits per heavy atom. The zero-order valence-electron chi connectivity index (χ0n) is 7.49. The first-order chi connectivity index (χ1) is 6.54. The molecule has 2 amide bonds. The van der Waals surface area contributed by atoms with Gasteiger partial charge in [-0.25, -0.2) is 0 Å². The lowest BCUT2D eigenvalue weighted by atomic mass is 10.0. The Bertz CT molecular complexity index is 378. The summed E-state index contributed by atoms with van der Waals surface area (Å²) in [5.41, 5.74) is 11.3. The van der Waals surface area contributed by atoms with E-state index >= 15 is 0 Å². The minimum atomic E-state index is -0.601. The SMILES string of the molecule is C=Cc1cc(C(N)=O)cc(C(N)=O)c1. The summed E-state index contributed by atoms with van der Waals surface area (Å²) in [5.74, 6) is -1.20. The molecule has 0 radical (unpaired) electrons. The molecule has 72 valence electrons. The van der Waals surface area contributed by atoms with E-state index in [0.717, 1.165) is 0 Å². The number of amides is 2. The number of benzene rings is 1. The van der Waals surface area contributed by atoms with Crippen molar-refractivity contribution in [2.45, 2.75) is 0 Å². The summed E-state index contributed by atoms with van der Waals surface area (Å²) >= 11 is 0. The first-order valence-electron chi connectivity index (χ1n) is 3.91. The first kappa shape index (κ1) is 9.98. The molecule has 0 aliphatic carbocycles. The molecule has 4 N–H and O–H groups in total. The lowest BCUT2D eigenvalue weighted by molar-refractivity contribution is 0.0999. The molecule has 0 saturated carbocycles. The van der Waals surface area contributed by atoms with Gasteiger partial charge in [-0.2, -0.15) is 0 Å². The third-order valence-corrected chi connectivity index (χ3v) is 1.76. The van der Waals surface area contributed by atoms with Crippen LogP contribution in [0.4, 0.5) is 0 Å². The molecule has 1 rings (SSSR count). The van der Waals surface area contributed by atoms with Crippen LogP contribution in [0.25, 0.3) is 6.08 Å². The van der Waals surface area contributed by atoms with E-state index in [1.54, 1.807) is 12.1 Å². The van der Waals surface area contributed by atoms with E-state index < -0.39 is 11.8 Å². The lowest BCUT2D eigenvalue weighted by Gasteiger charge is -2.01. The maximum absolute atomic E-state index is 10.9. The van der Waals surface area contributed by atoms with E-state index in [-0.39, 0.29) is 11.1 Å². The number of rotatable bonds is 3. The Morgan fingerprint density at radius 2 is 1.50 bits per heavy atom. The topological polar surface area (TPSA) is 86.2 Å². The van der Waals surface area contributed by atoms with Crippen LogP contribution in [0.1, 0.15) is 26.3 Å². The highest BCUT2D eigenvalue weighted by molar-refractivity contribution is 5.99. The van der Waals surface area contributed by atoms with Crippen molar-refractivity contribution < 1.29 is 9.59 Å². The normalized spacial score (nSPS) is 9.43. The van der Waals surface area contributed by atoms with Crippen molar-refractivity contribution >= 4 is 17.9 Å². The van der Waals surface area contributed by atoms with Gasteiger partial charge in [0.25, 0.3) is 0 Å². The van der Waals surface area contributed by atoms with Crippen molar-refractivity contribution in [2.75, 3.05) is 0 Å². The average molecular weight is 190 g/mol. The highest BCUT2D eigenvalue weighted by Gasteiger charge is 2.07. The predicted octanol–water partition coefficient (Wildman–Crippen LogP) is 0.527. The average Bonchev–Trinajstić information content (AvgIpc) is 2.16. The maximum atomic E-state index is 10.9. The van der Waals surface area contributed by atoms with Crippen LogP contribution >= 0.6 is 0 Å². The van der Waals surface area contributed by atoms with E-state index in [1.807, 2.05) is 0 Å². The highest BCUT2D eigenvalue weighted by Crippen LogP contribution is 2.10. The second-order valence-electron chi connectivity index (χ2n) is 2.78. The molecule has 0 heterocycles. The number of primary amides is 2. The Balaban J connectivity index is 3.34. The van der Waals surface area contributed by atoms with Gasteiger partial charge in [0, 0.05) is 11.1 Å². The van der Waals surface area contributed by atoms with Gasteiger partial charge in [-0.15, -0.1) is 0 Å². The van der Waals surface area contributed by atoms with Gasteiger partial charge in [0.1, 0.15) is 0 Å². The number of hydrogen-bond donors (Lipinski definition) is 2. The number of carbonyl (C=O) groups is 2. The summed E-state index contributed by atoms with van der Waals surface area (Å²) in [4.78, 5) is 21.8. The second-order valence-corrected chi connectivity index (χ2v) is 2.78. The van der Waals surface area contributed by atoms with E-state index in [1.165, 1.54) is 12.1 Å². The molecular formula is C10H10N2O2. The lowest BCUT2D eigenvalue weighted by Crippen LogP contribution is -2.15. The van der Waals surface area contributed by atoms with Gasteiger partial charge in [-0.1, -0.05) is 12.7 Å². The van der Waals surface area contributed by atoms with E-state index in [2.05, 4.69) is 6.58 Å². The Morgan fingerprint density at radius 1 is 1.07 bits per heavy atom. The van der Waals surface area contributed by atoms with Crippen molar-refractivity contribution in [3.05, 3.63) is 41.5 Å². The van der Waals surface area contributed by atoms with Crippen LogP contribution in [0, 0.1) is 0 Å². The van der Waals surface area contributed by atoms with Gasteiger partial charge in [0.05, 0.1) is 0 Å². The molecule has 0 spiro atoms. The first-order valence-corrected chi connectivity index (χ1v) is 3.91. The van der Waals surface area contributed by atoms with Gasteiger partial charge < -0.3 is 11.5 Å². The molecule has 0 fully saturated rings. The fourth-order valence-corrected chi connectivity index (χ4v) is 1.05. The van der Waals surface area contributed by atoms with Crippen molar-refractivity contribution in [1.29, 1.82) is 0 Å². The van der Waals surface area contributed by atoms with Crippen molar-refractivity contribution in [3.63, 3.8) is 0 Å². The summed E-state index contributed by atoms with van der Waals surface area (Å²) in [6.07, 6.45) is 1.51. The Kier molecular flexibility index (Phi) is 2.67. The number of nitrogens with two attached hydrogens (primary N) is 2. The van der Waals surface area contributed by atoms with Crippen LogP contribution in [-0.2, 0) is 0 Å². The summed E-state index contributed by atoms with van der Waals surface area (Å²) in [5, 5.41) is 0. The van der Waals surface area contributed by atoms with Crippen molar-refractivity contribution in [1.82, 2.24) is 0 Å². The smallest absolute Gasteiger partial charge is 0.248 e. The number of carbonyl (C=O) groups excluding carboxylic acids is 2. The third kappa shape index (κ3) is 1.98. The monoisotopic (exact) mass is 190 g/mol. The summed E-state index contributed by atoms with van der Waals surface area (Å²) in [7, 11) is 0. The fraction of sp³-hybridized carbons (Fsp3) is 0. The van der Waals surface area contributed by atoms with Crippen LogP contribution in [0.5, 0.6) is 0 Å². The molecule has 4 nitrogen and oxygen atoms in total. The molecule has 0 aliphatic heterocycles. The van der Waals surface area contributed by atoms with E-state index in [0.29, 0.717) is 5.56 Å². The van der Waals surface area contributed by atoms with Crippen LogP contribution < -0.4 is 11.5 Å². The minimum Gasteiger partial charge on any atom is -0.366 e. The molecular weight excluding hydrogens is 180 g/mol. The standard InChI is InChI=1S/C10H10N2O2/c1-2-6-3-7(9(11)13)5-8(4-6)10(12)14/h2-5H,1H2,(H2,11,13)(H2,12,14). The number of hydrogen-bond acceptors (Lipinski definition) is 2. The quantitative estimate of drug-likeness (QED) is 0.728. The van der Waals surface area contributed by atoms with E-state index in [4.69, 9.17) is 11.5 Å². The van der Waals surface area contributed by atoms with Crippen LogP contribution in [0.2, 0.25) is 0 Å². The third-order valence-electron chi connectivity index (χ3n) is 1.76. The van der Waals surface area contributed by atoms with E-state index in [9.17, 15) is 9.59 Å². The molecule has 0 bridgehead atoms. The largest absolute Gasteiger partial charge is 0.366 e. The van der Waals surface area contributed by atoms with Gasteiger partial charge in [-0.3, -0.25) is 9.59 Å². The van der Waals surface area contributed by atoms with Crippen molar-refractivity contribution in [3.8, 4) is 0 Å². The summed E-state index contributed by atoms with van der Waals surface area (Å²) in [6.45, 7) is 3.53. The fourth-order valence-electron chi connectivity index (χ4n) is 1.05. The predicted molar refractivity (Wildman–Crippen MR) is 53.6 cm³/mol. The second kappa shape index (κ2) is 3.74. The van der Waals surface area contributed by atoms with Crippen LogP contribution in [0.3, 0.4) is 0 Å². The molecule has 0 aromatic heterocycles. The molecule has 0 unspecified atom stereocenters. The van der Waals surface area contributed by atoms with Gasteiger partial charge in [0.2, 0.25) is 11.8 Å². The summed E-state index contributed by atoms with van der Waals surface area (Å²) < 4.78 is 0. The van der Waals surface area contributed by atoms with Gasteiger partial charge in [0.15, 0.2) is 0 Å². The summed E-state index contributed by atoms with van der Waals surface area (Å²) in [6, 6.07) is 4.45. The van der Waals surface area contributed by atoms with Gasteiger partial charge >= 0.3 is 0 Å². The highest BCUT2D eigenvalue weighted by atomic mass is 16.1. The molecule has 4 heteroatoms. The molecule has 14 heavy (non-hydrogen) atoms. The molecule has 0 aliphatic rings. The zero-order chi connectivity index (χ0) is 10.7. The Labute approximate surface area is 81.2 Å². The minimum absolute atomic E-state index is 0.246. The van der Waals surface area contributed by atoms with Crippen molar-refractivity contribution in [2.24, 2.45) is 11.5 Å². The molecule has 1 aromatic carbocycles. The molecule has 0 atom stereocenters. The van der Waals surface area contributed by atoms with Crippen LogP contribution in [-0.4, -0.2) is 11.8 Å².